The third kappa shape index (κ3) is 16.0. The number of benzene rings is 6. The van der Waals surface area contributed by atoms with Gasteiger partial charge in [0.1, 0.15) is 74.2 Å². The molecule has 0 bridgehead atoms. The molecular weight excluding hydrogens is 1630 g/mol. The zero-order chi connectivity index (χ0) is 85.0. The van der Waals surface area contributed by atoms with Crippen molar-refractivity contribution in [2.24, 2.45) is 0 Å². The molecule has 13 heterocycles. The molecule has 0 aliphatic carbocycles. The van der Waals surface area contributed by atoms with Gasteiger partial charge in [0.15, 0.2) is 0 Å². The van der Waals surface area contributed by atoms with E-state index in [4.69, 9.17) is 38.2 Å². The highest BCUT2D eigenvalue weighted by Crippen LogP contribution is 2.50. The van der Waals surface area contributed by atoms with E-state index in [2.05, 4.69) is 162 Å². The molecule has 27 nitrogen and oxygen atoms in total. The zero-order valence-corrected chi connectivity index (χ0v) is 68.6. The van der Waals surface area contributed by atoms with E-state index < -0.39 is 44.2 Å². The molecule has 620 valence electrons. The van der Waals surface area contributed by atoms with Crippen molar-refractivity contribution in [3.63, 3.8) is 0 Å². The maximum absolute atomic E-state index is 11.6. The number of halogens is 1. The van der Waals surface area contributed by atoms with Crippen LogP contribution < -0.4 is 24.4 Å². The number of nitrogens with zero attached hydrogens (tertiary/aromatic N) is 14. The Labute approximate surface area is 721 Å². The zero-order valence-electron chi connectivity index (χ0n) is 67.0. The standard InChI is InChI=1S/C36H27N5O4.C31H24BrN3O2.C15H9N5O2.C11H15BN2O4.2CH4/c1-44-28-12-8-26(9-13-28)36(25-6-4-3-5-7-25,27-10-14-29(45-2)15-11-27)40-33-19-20-37-23-31(33)30-16-17-32(39-35(30)40)24-18-21-38-34(22-24)41(42)43;1-36-24-12-8-22(9-13-24)31(21-6-4-3-5-7-21,23-10-14-25(37-2)15-11-23)35-28-18-19-33-20-27(28)26-16-17-29(32)34-30(26)35;21-20(22)14-7-9(3-6-17-14)12-2-1-10-11-8-16-5-4-13(11)19-15(10)18-12;1-10(2)11(3,4)18-12(17-10)8-5-6-13-9(7-8)14(15)16;;/h3-23H,1-2H3;3-20H,1-2H3;1-8H,(H,18,19);5-7H,1-4H3;2*1H4. The van der Waals surface area contributed by atoms with Gasteiger partial charge in [-0.3, -0.25) is 15.0 Å². The minimum Gasteiger partial charge on any atom is -0.497 e. The lowest BCUT2D eigenvalue weighted by atomic mass is 9.76. The monoisotopic (exact) mass is 1720 g/mol. The Morgan fingerprint density at radius 3 is 1.18 bits per heavy atom. The molecular formula is C95H83BBrN15O12. The molecule has 18 aromatic rings. The molecule has 6 aromatic carbocycles. The smallest absolute Gasteiger partial charge is 0.495 e. The summed E-state index contributed by atoms with van der Waals surface area (Å²) in [4.78, 5) is 73.9. The van der Waals surface area contributed by atoms with Gasteiger partial charge in [0.2, 0.25) is 0 Å². The number of fused-ring (bicyclic) bond motifs is 9. The molecule has 0 unspecified atom stereocenters. The number of methoxy groups -OCH3 is 4. The third-order valence-electron chi connectivity index (χ3n) is 22.1. The molecule has 1 aliphatic rings. The number of pyridine rings is 9. The number of nitro groups is 3. The lowest BCUT2D eigenvalue weighted by Crippen LogP contribution is -2.41. The van der Waals surface area contributed by atoms with E-state index in [0.29, 0.717) is 33.6 Å². The van der Waals surface area contributed by atoms with Crippen molar-refractivity contribution in [2.45, 2.75) is 64.8 Å². The number of hydrogen-bond acceptors (Lipinski definition) is 21. The normalized spacial score (nSPS) is 12.7. The number of ether oxygens (including phenoxy) is 4. The fourth-order valence-corrected chi connectivity index (χ4v) is 15.8. The quantitative estimate of drug-likeness (QED) is 0.0274. The van der Waals surface area contributed by atoms with Crippen LogP contribution in [-0.2, 0) is 20.4 Å². The Kier molecular flexibility index (Phi) is 24.6. The van der Waals surface area contributed by atoms with Gasteiger partial charge in [0.25, 0.3) is 0 Å². The minimum absolute atomic E-state index is 0. The number of aromatic nitrogens is 12. The van der Waals surface area contributed by atoms with Crippen LogP contribution in [0, 0.1) is 30.3 Å². The van der Waals surface area contributed by atoms with Gasteiger partial charge in [0, 0.05) is 98.8 Å². The molecule has 0 radical (unpaired) electrons. The first kappa shape index (κ1) is 85.4. The second-order valence-electron chi connectivity index (χ2n) is 29.3. The molecule has 0 amide bonds. The highest BCUT2D eigenvalue weighted by molar-refractivity contribution is 9.10. The van der Waals surface area contributed by atoms with E-state index >= 15 is 0 Å². The van der Waals surface area contributed by atoms with E-state index in [1.807, 2.05) is 162 Å². The van der Waals surface area contributed by atoms with E-state index in [9.17, 15) is 30.3 Å². The highest BCUT2D eigenvalue weighted by Gasteiger charge is 2.52. The second kappa shape index (κ2) is 35.7. The minimum atomic E-state index is -0.934. The summed E-state index contributed by atoms with van der Waals surface area (Å²) in [7, 11) is 6.07. The van der Waals surface area contributed by atoms with Crippen LogP contribution in [0.25, 0.3) is 88.3 Å². The van der Waals surface area contributed by atoms with Crippen LogP contribution in [0.2, 0.25) is 0 Å². The summed E-state index contributed by atoms with van der Waals surface area (Å²) >= 11 is 3.62. The number of rotatable bonds is 18. The van der Waals surface area contributed by atoms with Crippen LogP contribution in [0.3, 0.4) is 0 Å². The van der Waals surface area contributed by atoms with Crippen molar-refractivity contribution in [3.05, 3.63) is 373 Å². The summed E-state index contributed by atoms with van der Waals surface area (Å²) in [5, 5.41) is 38.9. The molecule has 1 saturated heterocycles. The Balaban J connectivity index is 0.000000142. The molecule has 19 rings (SSSR count). The summed E-state index contributed by atoms with van der Waals surface area (Å²) in [6.07, 6.45) is 15.1. The van der Waals surface area contributed by atoms with E-state index in [-0.39, 0.29) is 32.3 Å². The predicted octanol–water partition coefficient (Wildman–Crippen LogP) is 20.3. The molecule has 0 atom stereocenters. The van der Waals surface area contributed by atoms with Gasteiger partial charge in [-0.1, -0.05) is 124 Å². The summed E-state index contributed by atoms with van der Waals surface area (Å²) < 4.78 is 39.1. The van der Waals surface area contributed by atoms with Crippen LogP contribution >= 0.6 is 15.9 Å². The van der Waals surface area contributed by atoms with Gasteiger partial charge in [-0.15, -0.1) is 0 Å². The lowest BCUT2D eigenvalue weighted by Gasteiger charge is -2.39. The first-order chi connectivity index (χ1) is 59.1. The fraction of sp³-hybridized carbons (Fsp3) is 0.147. The van der Waals surface area contributed by atoms with E-state index in [0.717, 1.165) is 121 Å². The number of aromatic amines is 1. The molecule has 29 heteroatoms. The van der Waals surface area contributed by atoms with Crippen molar-refractivity contribution in [3.8, 4) is 45.5 Å². The van der Waals surface area contributed by atoms with Crippen molar-refractivity contribution in [2.75, 3.05) is 28.4 Å². The van der Waals surface area contributed by atoms with Crippen LogP contribution in [0.1, 0.15) is 75.9 Å². The van der Waals surface area contributed by atoms with Crippen molar-refractivity contribution < 1.29 is 43.0 Å². The molecule has 124 heavy (non-hydrogen) atoms. The van der Waals surface area contributed by atoms with Gasteiger partial charge in [-0.25, -0.2) is 15.0 Å². The Hall–Kier alpha value is -15.1. The first-order valence-electron chi connectivity index (χ1n) is 38.4. The lowest BCUT2D eigenvalue weighted by molar-refractivity contribution is -0.389. The summed E-state index contributed by atoms with van der Waals surface area (Å²) in [5.41, 5.74) is 11.8. The van der Waals surface area contributed by atoms with E-state index in [1.165, 1.54) is 36.8 Å². The maximum atomic E-state index is 11.6. The van der Waals surface area contributed by atoms with E-state index in [1.54, 1.807) is 65.2 Å². The largest absolute Gasteiger partial charge is 0.497 e. The van der Waals surface area contributed by atoms with Crippen LogP contribution in [0.5, 0.6) is 23.0 Å². The number of H-pyrrole nitrogens is 1. The average Bonchev–Trinajstić information content (AvgIpc) is 1.42. The van der Waals surface area contributed by atoms with Crippen LogP contribution in [0.4, 0.5) is 17.5 Å². The van der Waals surface area contributed by atoms with Gasteiger partial charge in [-0.2, -0.15) is 0 Å². The average molecular weight is 1720 g/mol. The highest BCUT2D eigenvalue weighted by atomic mass is 79.9. The SMILES string of the molecule is C.C.CC1(C)OB(c2ccnc([N+](=O)[O-])c2)OC1(C)C.COc1ccc(C(c2ccccc2)(c2ccc(OC)cc2)n2c3ccncc3c3ccc(-c4ccnc([N+](=O)[O-])c4)nc32)cc1.COc1ccc(C(c2ccccc2)(c2ccc(OC)cc2)n2c3ccncc3c3ccc(Br)nc32)cc1.O=[N+]([O-])c1cc(-c2ccc3c(n2)[nH]c2ccncc23)ccn1. The fourth-order valence-electron chi connectivity index (χ4n) is 15.5. The molecule has 1 N–H and O–H groups in total. The van der Waals surface area contributed by atoms with Gasteiger partial charge in [0.05, 0.1) is 67.6 Å². The summed E-state index contributed by atoms with van der Waals surface area (Å²) in [6, 6.07) is 80.5. The van der Waals surface area contributed by atoms with Crippen molar-refractivity contribution >= 4 is 112 Å². The third-order valence-corrected chi connectivity index (χ3v) is 22.5. The first-order valence-corrected chi connectivity index (χ1v) is 39.2. The van der Waals surface area contributed by atoms with Crippen molar-refractivity contribution in [1.29, 1.82) is 0 Å². The summed E-state index contributed by atoms with van der Waals surface area (Å²) in [6.45, 7) is 7.73. The molecule has 1 aliphatic heterocycles. The molecule has 0 saturated carbocycles. The Morgan fingerprint density at radius 1 is 0.395 bits per heavy atom. The van der Waals surface area contributed by atoms with Gasteiger partial charge < -0.3 is 72.7 Å². The Bertz CT molecular complexity index is 6820. The summed E-state index contributed by atoms with van der Waals surface area (Å²) in [5.74, 6) is 2.43. The van der Waals surface area contributed by atoms with Crippen molar-refractivity contribution in [1.82, 2.24) is 59.0 Å². The number of nitrogens with one attached hydrogen (secondary N) is 1. The maximum Gasteiger partial charge on any atom is 0.495 e. The Morgan fingerprint density at radius 2 is 0.758 bits per heavy atom. The second-order valence-corrected chi connectivity index (χ2v) is 30.2. The number of hydrogen-bond donors (Lipinski definition) is 1. The van der Waals surface area contributed by atoms with Gasteiger partial charge in [-0.05, 0) is 234 Å². The predicted molar refractivity (Wildman–Crippen MR) is 484 cm³/mol. The van der Waals surface area contributed by atoms with Gasteiger partial charge >= 0.3 is 24.6 Å². The molecule has 12 aromatic heterocycles. The van der Waals surface area contributed by atoms with Crippen LogP contribution in [-0.4, -0.2) is 121 Å². The topological polar surface area (TPSA) is 326 Å². The van der Waals surface area contributed by atoms with Crippen LogP contribution in [0.15, 0.2) is 309 Å². The molecule has 1 fully saturated rings. The molecule has 0 spiro atoms.